The van der Waals surface area contributed by atoms with Crippen LogP contribution in [0, 0.1) is 0 Å². The van der Waals surface area contributed by atoms with Gasteiger partial charge in [-0.3, -0.25) is 9.59 Å². The van der Waals surface area contributed by atoms with Crippen LogP contribution in [0.5, 0.6) is 0 Å². The van der Waals surface area contributed by atoms with Gasteiger partial charge in [0.2, 0.25) is 5.91 Å². The van der Waals surface area contributed by atoms with E-state index in [4.69, 9.17) is 4.74 Å². The van der Waals surface area contributed by atoms with Gasteiger partial charge in [0, 0.05) is 25.9 Å². The first-order valence-corrected chi connectivity index (χ1v) is 15.1. The number of amides is 1. The average molecular weight is 482 g/mol. The molecule has 0 heterocycles. The first-order chi connectivity index (χ1) is 16.7. The molecule has 0 unspecified atom stereocenters. The lowest BCUT2D eigenvalue weighted by Gasteiger charge is -2.21. The highest BCUT2D eigenvalue weighted by Gasteiger charge is 2.10. The van der Waals surface area contributed by atoms with E-state index in [1.807, 2.05) is 4.90 Å². The largest absolute Gasteiger partial charge is 0.466 e. The van der Waals surface area contributed by atoms with Crippen LogP contribution in [0.25, 0.3) is 0 Å². The quantitative estimate of drug-likeness (QED) is 0.0914. The van der Waals surface area contributed by atoms with Gasteiger partial charge in [0.1, 0.15) is 0 Å². The zero-order valence-electron chi connectivity index (χ0n) is 23.3. The van der Waals surface area contributed by atoms with Gasteiger partial charge in [-0.2, -0.15) is 0 Å². The number of ether oxygens (including phenoxy) is 1. The summed E-state index contributed by atoms with van der Waals surface area (Å²) in [5.41, 5.74) is 0. The molecule has 0 atom stereocenters. The van der Waals surface area contributed by atoms with E-state index in [-0.39, 0.29) is 5.97 Å². The highest BCUT2D eigenvalue weighted by Crippen LogP contribution is 2.12. The van der Waals surface area contributed by atoms with E-state index in [9.17, 15) is 9.59 Å². The number of hydrogen-bond acceptors (Lipinski definition) is 3. The monoisotopic (exact) mass is 481 g/mol. The molecule has 0 radical (unpaired) electrons. The van der Waals surface area contributed by atoms with Gasteiger partial charge in [0.05, 0.1) is 6.61 Å². The molecule has 0 aromatic heterocycles. The molecule has 0 fully saturated rings. The fourth-order valence-corrected chi connectivity index (χ4v) is 4.45. The summed E-state index contributed by atoms with van der Waals surface area (Å²) in [6.07, 6.45) is 25.6. The van der Waals surface area contributed by atoms with Crippen LogP contribution in [-0.4, -0.2) is 36.5 Å². The van der Waals surface area contributed by atoms with E-state index in [0.29, 0.717) is 25.4 Å². The Balaban J connectivity index is 3.53. The van der Waals surface area contributed by atoms with E-state index < -0.39 is 0 Å². The molecule has 0 aliphatic rings. The molecule has 0 aliphatic carbocycles. The summed E-state index contributed by atoms with van der Waals surface area (Å²) in [5.74, 6) is 0.289. The molecule has 0 aromatic rings. The van der Waals surface area contributed by atoms with E-state index in [2.05, 4.69) is 20.8 Å². The van der Waals surface area contributed by atoms with Gasteiger partial charge in [-0.05, 0) is 39.0 Å². The molecule has 0 N–H and O–H groups in total. The second-order valence-corrected chi connectivity index (χ2v) is 10.1. The van der Waals surface area contributed by atoms with Crippen LogP contribution >= 0.6 is 0 Å². The van der Waals surface area contributed by atoms with Gasteiger partial charge in [0.25, 0.3) is 0 Å². The van der Waals surface area contributed by atoms with Gasteiger partial charge in [-0.25, -0.2) is 0 Å². The SMILES string of the molecule is CCCCCCCCCCCC(=O)N(CC)CCCCCCOC(=O)CCCCCCCCC. The summed E-state index contributed by atoms with van der Waals surface area (Å²) in [4.78, 5) is 26.3. The van der Waals surface area contributed by atoms with E-state index in [1.165, 1.54) is 83.5 Å². The molecule has 4 heteroatoms. The Morgan fingerprint density at radius 1 is 0.529 bits per heavy atom. The van der Waals surface area contributed by atoms with Gasteiger partial charge < -0.3 is 9.64 Å². The standard InChI is InChI=1S/C30H59NO3/c1-4-7-9-11-13-14-16-17-21-25-29(32)31(6-3)27-23-19-20-24-28-34-30(33)26-22-18-15-12-10-8-5-2/h4-28H2,1-3H3. The first-order valence-electron chi connectivity index (χ1n) is 15.1. The Hall–Kier alpha value is -1.06. The second kappa shape index (κ2) is 26.5. The van der Waals surface area contributed by atoms with Crippen molar-refractivity contribution in [2.75, 3.05) is 19.7 Å². The van der Waals surface area contributed by atoms with Gasteiger partial charge in [-0.15, -0.1) is 0 Å². The molecule has 202 valence electrons. The number of carbonyl (C=O) groups excluding carboxylic acids is 2. The van der Waals surface area contributed by atoms with Crippen LogP contribution in [0.4, 0.5) is 0 Å². The summed E-state index contributed by atoms with van der Waals surface area (Å²) in [5, 5.41) is 0. The minimum atomic E-state index is -0.0344. The summed E-state index contributed by atoms with van der Waals surface area (Å²) in [6, 6.07) is 0. The zero-order valence-corrected chi connectivity index (χ0v) is 23.3. The normalized spacial score (nSPS) is 11.0. The minimum Gasteiger partial charge on any atom is -0.466 e. The third-order valence-electron chi connectivity index (χ3n) is 6.80. The first kappa shape index (κ1) is 32.9. The minimum absolute atomic E-state index is 0.0344. The van der Waals surface area contributed by atoms with Crippen LogP contribution in [0.3, 0.4) is 0 Å². The fraction of sp³-hybridized carbons (Fsp3) is 0.933. The fourth-order valence-electron chi connectivity index (χ4n) is 4.45. The summed E-state index contributed by atoms with van der Waals surface area (Å²) < 4.78 is 5.37. The molecule has 0 rings (SSSR count). The molecule has 4 nitrogen and oxygen atoms in total. The lowest BCUT2D eigenvalue weighted by atomic mass is 10.1. The molecule has 1 amide bonds. The maximum absolute atomic E-state index is 12.5. The van der Waals surface area contributed by atoms with Crippen LogP contribution in [0.2, 0.25) is 0 Å². The van der Waals surface area contributed by atoms with Gasteiger partial charge in [0.15, 0.2) is 0 Å². The smallest absolute Gasteiger partial charge is 0.305 e. The van der Waals surface area contributed by atoms with Crippen molar-refractivity contribution in [1.29, 1.82) is 0 Å². The Kier molecular flexibility index (Phi) is 25.7. The molecule has 0 spiro atoms. The molecule has 0 bridgehead atoms. The topological polar surface area (TPSA) is 46.6 Å². The molecule has 0 saturated carbocycles. The number of carbonyl (C=O) groups is 2. The van der Waals surface area contributed by atoms with Crippen LogP contribution in [0.15, 0.2) is 0 Å². The summed E-state index contributed by atoms with van der Waals surface area (Å²) in [6.45, 7) is 8.80. The van der Waals surface area contributed by atoms with Crippen molar-refractivity contribution in [2.45, 2.75) is 162 Å². The van der Waals surface area contributed by atoms with Crippen LogP contribution in [-0.2, 0) is 14.3 Å². The number of hydrogen-bond donors (Lipinski definition) is 0. The molecule has 0 aromatic carbocycles. The van der Waals surface area contributed by atoms with Crippen LogP contribution < -0.4 is 0 Å². The second-order valence-electron chi connectivity index (χ2n) is 10.1. The molecular weight excluding hydrogens is 422 g/mol. The lowest BCUT2D eigenvalue weighted by Crippen LogP contribution is -2.31. The van der Waals surface area contributed by atoms with Crippen molar-refractivity contribution in [1.82, 2.24) is 4.90 Å². The Morgan fingerprint density at radius 3 is 1.50 bits per heavy atom. The molecule has 34 heavy (non-hydrogen) atoms. The predicted octanol–water partition coefficient (Wildman–Crippen LogP) is 9.00. The van der Waals surface area contributed by atoms with E-state index >= 15 is 0 Å². The Morgan fingerprint density at radius 2 is 0.971 bits per heavy atom. The predicted molar refractivity (Wildman–Crippen MR) is 146 cm³/mol. The lowest BCUT2D eigenvalue weighted by molar-refractivity contribution is -0.144. The Labute approximate surface area is 213 Å². The van der Waals surface area contributed by atoms with Crippen molar-refractivity contribution in [3.63, 3.8) is 0 Å². The Bertz CT molecular complexity index is 452. The van der Waals surface area contributed by atoms with Crippen LogP contribution in [0.1, 0.15) is 162 Å². The van der Waals surface area contributed by atoms with Crippen molar-refractivity contribution in [3.8, 4) is 0 Å². The third-order valence-corrected chi connectivity index (χ3v) is 6.80. The van der Waals surface area contributed by atoms with Crippen molar-refractivity contribution < 1.29 is 14.3 Å². The number of unbranched alkanes of at least 4 members (excludes halogenated alkanes) is 17. The maximum Gasteiger partial charge on any atom is 0.305 e. The van der Waals surface area contributed by atoms with Crippen molar-refractivity contribution >= 4 is 11.9 Å². The van der Waals surface area contributed by atoms with Gasteiger partial charge in [-0.1, -0.05) is 110 Å². The molecular formula is C30H59NO3. The van der Waals surface area contributed by atoms with Crippen molar-refractivity contribution in [3.05, 3.63) is 0 Å². The van der Waals surface area contributed by atoms with Crippen molar-refractivity contribution in [2.24, 2.45) is 0 Å². The summed E-state index contributed by atoms with van der Waals surface area (Å²) >= 11 is 0. The number of nitrogens with zero attached hydrogens (tertiary/aromatic N) is 1. The highest BCUT2D eigenvalue weighted by molar-refractivity contribution is 5.76. The molecule has 0 aliphatic heterocycles. The third kappa shape index (κ3) is 22.7. The van der Waals surface area contributed by atoms with E-state index in [0.717, 1.165) is 58.0 Å². The highest BCUT2D eigenvalue weighted by atomic mass is 16.5. The maximum atomic E-state index is 12.5. The molecule has 0 saturated heterocycles. The summed E-state index contributed by atoms with van der Waals surface area (Å²) in [7, 11) is 0. The van der Waals surface area contributed by atoms with E-state index in [1.54, 1.807) is 0 Å². The number of rotatable bonds is 26. The zero-order chi connectivity index (χ0) is 25.1. The number of esters is 1. The van der Waals surface area contributed by atoms with Gasteiger partial charge >= 0.3 is 5.97 Å². The average Bonchev–Trinajstić information content (AvgIpc) is 2.84.